The zero-order valence-electron chi connectivity index (χ0n) is 6.88. The van der Waals surface area contributed by atoms with E-state index < -0.39 is 0 Å². The minimum atomic E-state index is -0.320. The standard InChI is InChI=1S/C7H10N2O2S/c1-4-3-5(9-8)12-6(4)7(10)11-2/h3,9H,8H2,1-2H3. The van der Waals surface area contributed by atoms with Crippen LogP contribution in [0.5, 0.6) is 0 Å². The Balaban J connectivity index is 2.99. The molecule has 1 aromatic rings. The summed E-state index contributed by atoms with van der Waals surface area (Å²) in [5.41, 5.74) is 3.35. The molecule has 0 saturated heterocycles. The molecule has 3 N–H and O–H groups in total. The van der Waals surface area contributed by atoms with E-state index in [0.29, 0.717) is 4.88 Å². The third-order valence-electron chi connectivity index (χ3n) is 1.43. The van der Waals surface area contributed by atoms with Crippen molar-refractivity contribution in [3.05, 3.63) is 16.5 Å². The first-order valence-corrected chi connectivity index (χ1v) is 4.16. The van der Waals surface area contributed by atoms with E-state index in [-0.39, 0.29) is 5.97 Å². The van der Waals surface area contributed by atoms with Crippen LogP contribution in [0.25, 0.3) is 0 Å². The highest BCUT2D eigenvalue weighted by molar-refractivity contribution is 7.18. The molecule has 0 unspecified atom stereocenters. The summed E-state index contributed by atoms with van der Waals surface area (Å²) in [5.74, 6) is 4.86. The number of anilines is 1. The van der Waals surface area contributed by atoms with Gasteiger partial charge in [-0.3, -0.25) is 0 Å². The van der Waals surface area contributed by atoms with Crippen LogP contribution >= 0.6 is 11.3 Å². The second-order valence-electron chi connectivity index (χ2n) is 2.26. The summed E-state index contributed by atoms with van der Waals surface area (Å²) in [5, 5.41) is 0.757. The average molecular weight is 186 g/mol. The fourth-order valence-electron chi connectivity index (χ4n) is 0.849. The molecule has 66 valence electrons. The molecule has 0 saturated carbocycles. The van der Waals surface area contributed by atoms with Crippen LogP contribution in [0.2, 0.25) is 0 Å². The monoisotopic (exact) mass is 186 g/mol. The molecule has 0 bridgehead atoms. The van der Waals surface area contributed by atoms with Crippen LogP contribution in [0.3, 0.4) is 0 Å². The molecule has 1 rings (SSSR count). The van der Waals surface area contributed by atoms with Gasteiger partial charge in [0.05, 0.1) is 7.11 Å². The van der Waals surface area contributed by atoms with Gasteiger partial charge in [0.25, 0.3) is 0 Å². The van der Waals surface area contributed by atoms with Crippen LogP contribution in [0.4, 0.5) is 5.00 Å². The molecule has 1 aromatic heterocycles. The number of hydrogen-bond donors (Lipinski definition) is 2. The summed E-state index contributed by atoms with van der Waals surface area (Å²) >= 11 is 1.28. The predicted octanol–water partition coefficient (Wildman–Crippen LogP) is 1.13. The number of esters is 1. The van der Waals surface area contributed by atoms with Gasteiger partial charge in [0.2, 0.25) is 0 Å². The van der Waals surface area contributed by atoms with E-state index in [0.717, 1.165) is 10.6 Å². The predicted molar refractivity (Wildman–Crippen MR) is 48.2 cm³/mol. The number of methoxy groups -OCH3 is 1. The van der Waals surface area contributed by atoms with Crippen LogP contribution in [0, 0.1) is 6.92 Å². The molecule has 0 aliphatic heterocycles. The Morgan fingerprint density at radius 1 is 1.75 bits per heavy atom. The first-order valence-electron chi connectivity index (χ1n) is 3.34. The fraction of sp³-hybridized carbons (Fsp3) is 0.286. The lowest BCUT2D eigenvalue weighted by Crippen LogP contribution is -2.04. The van der Waals surface area contributed by atoms with Gasteiger partial charge in [0.15, 0.2) is 0 Å². The Kier molecular flexibility index (Phi) is 2.67. The van der Waals surface area contributed by atoms with E-state index >= 15 is 0 Å². The second-order valence-corrected chi connectivity index (χ2v) is 3.31. The van der Waals surface area contributed by atoms with Crippen molar-refractivity contribution in [2.45, 2.75) is 6.92 Å². The van der Waals surface area contributed by atoms with Crippen LogP contribution in [-0.4, -0.2) is 13.1 Å². The third-order valence-corrected chi connectivity index (χ3v) is 2.58. The molecule has 1 heterocycles. The number of aryl methyl sites for hydroxylation is 1. The summed E-state index contributed by atoms with van der Waals surface area (Å²) in [6, 6.07) is 1.80. The minimum Gasteiger partial charge on any atom is -0.465 e. The third kappa shape index (κ3) is 1.57. The molecular formula is C7H10N2O2S. The lowest BCUT2D eigenvalue weighted by molar-refractivity contribution is 0.0605. The van der Waals surface area contributed by atoms with E-state index in [1.807, 2.05) is 6.92 Å². The van der Waals surface area contributed by atoms with Crippen LogP contribution in [-0.2, 0) is 4.74 Å². The van der Waals surface area contributed by atoms with E-state index in [1.54, 1.807) is 6.07 Å². The van der Waals surface area contributed by atoms with Gasteiger partial charge in [0.1, 0.15) is 9.88 Å². The number of nitrogens with two attached hydrogens (primary N) is 1. The fourth-order valence-corrected chi connectivity index (χ4v) is 1.75. The number of ether oxygens (including phenoxy) is 1. The number of nitrogens with one attached hydrogen (secondary N) is 1. The maximum atomic E-state index is 11.1. The summed E-state index contributed by atoms with van der Waals surface area (Å²) in [7, 11) is 1.36. The lowest BCUT2D eigenvalue weighted by atomic mass is 10.3. The molecule has 0 aliphatic carbocycles. The van der Waals surface area contributed by atoms with Crippen LogP contribution in [0.1, 0.15) is 15.2 Å². The molecule has 12 heavy (non-hydrogen) atoms. The first-order chi connectivity index (χ1) is 5.69. The van der Waals surface area contributed by atoms with Gasteiger partial charge in [-0.25, -0.2) is 10.6 Å². The SMILES string of the molecule is COC(=O)c1sc(NN)cc1C. The smallest absolute Gasteiger partial charge is 0.348 e. The number of rotatable bonds is 2. The highest BCUT2D eigenvalue weighted by Crippen LogP contribution is 2.25. The molecule has 0 atom stereocenters. The molecule has 0 aliphatic rings. The van der Waals surface area contributed by atoms with Crippen molar-refractivity contribution in [1.29, 1.82) is 0 Å². The van der Waals surface area contributed by atoms with Crippen molar-refractivity contribution in [2.75, 3.05) is 12.5 Å². The Morgan fingerprint density at radius 2 is 2.42 bits per heavy atom. The lowest BCUT2D eigenvalue weighted by Gasteiger charge is -1.94. The van der Waals surface area contributed by atoms with Crippen molar-refractivity contribution in [1.82, 2.24) is 0 Å². The van der Waals surface area contributed by atoms with Gasteiger partial charge in [-0.1, -0.05) is 0 Å². The van der Waals surface area contributed by atoms with Gasteiger partial charge in [-0.05, 0) is 18.6 Å². The summed E-state index contributed by atoms with van der Waals surface area (Å²) < 4.78 is 4.58. The van der Waals surface area contributed by atoms with Gasteiger partial charge >= 0.3 is 5.97 Å². The summed E-state index contributed by atoms with van der Waals surface area (Å²) in [6.45, 7) is 1.84. The van der Waals surface area contributed by atoms with E-state index in [2.05, 4.69) is 10.2 Å². The molecule has 4 nitrogen and oxygen atoms in total. The highest BCUT2D eigenvalue weighted by Gasteiger charge is 2.12. The van der Waals surface area contributed by atoms with Gasteiger partial charge < -0.3 is 10.2 Å². The quantitative estimate of drug-likeness (QED) is 0.413. The van der Waals surface area contributed by atoms with Crippen molar-refractivity contribution in [3.63, 3.8) is 0 Å². The van der Waals surface area contributed by atoms with Gasteiger partial charge in [-0.15, -0.1) is 11.3 Å². The average Bonchev–Trinajstić information content (AvgIpc) is 2.45. The zero-order chi connectivity index (χ0) is 9.14. The van der Waals surface area contributed by atoms with E-state index in [1.165, 1.54) is 18.4 Å². The highest BCUT2D eigenvalue weighted by atomic mass is 32.1. The Labute approximate surface area is 74.3 Å². The number of thiophene rings is 1. The first kappa shape index (κ1) is 9.02. The molecule has 0 amide bonds. The topological polar surface area (TPSA) is 64.3 Å². The maximum absolute atomic E-state index is 11.1. The molecule has 0 fully saturated rings. The van der Waals surface area contributed by atoms with Crippen LogP contribution in [0.15, 0.2) is 6.07 Å². The van der Waals surface area contributed by atoms with Gasteiger partial charge in [0, 0.05) is 0 Å². The maximum Gasteiger partial charge on any atom is 0.348 e. The van der Waals surface area contributed by atoms with Gasteiger partial charge in [-0.2, -0.15) is 0 Å². The molecular weight excluding hydrogens is 176 g/mol. The zero-order valence-corrected chi connectivity index (χ0v) is 7.70. The largest absolute Gasteiger partial charge is 0.465 e. The van der Waals surface area contributed by atoms with Crippen molar-refractivity contribution >= 4 is 22.3 Å². The van der Waals surface area contributed by atoms with Crippen LogP contribution < -0.4 is 11.3 Å². The van der Waals surface area contributed by atoms with E-state index in [9.17, 15) is 4.79 Å². The van der Waals surface area contributed by atoms with Crippen molar-refractivity contribution in [3.8, 4) is 0 Å². The minimum absolute atomic E-state index is 0.320. The number of hydrogen-bond acceptors (Lipinski definition) is 5. The Morgan fingerprint density at radius 3 is 2.83 bits per heavy atom. The molecule has 0 spiro atoms. The molecule has 0 radical (unpaired) electrons. The molecule has 5 heteroatoms. The number of carbonyl (C=O) groups is 1. The summed E-state index contributed by atoms with van der Waals surface area (Å²) in [6.07, 6.45) is 0. The second kappa shape index (κ2) is 3.55. The van der Waals surface area contributed by atoms with E-state index in [4.69, 9.17) is 5.84 Å². The van der Waals surface area contributed by atoms with Crippen molar-refractivity contribution < 1.29 is 9.53 Å². The number of hydrazine groups is 1. The number of carbonyl (C=O) groups excluding carboxylic acids is 1. The normalized spacial score (nSPS) is 9.58. The van der Waals surface area contributed by atoms with Crippen molar-refractivity contribution in [2.24, 2.45) is 5.84 Å². The molecule has 0 aromatic carbocycles. The Bertz CT molecular complexity index is 296. The number of nitrogen functional groups attached to an aromatic ring is 1. The summed E-state index contributed by atoms with van der Waals surface area (Å²) in [4.78, 5) is 11.7. The Hall–Kier alpha value is -1.07.